The number of hydrogen-bond donors (Lipinski definition) is 2. The molecule has 2 N–H and O–H groups in total. The van der Waals surface area contributed by atoms with Gasteiger partial charge in [-0.2, -0.15) is 0 Å². The summed E-state index contributed by atoms with van der Waals surface area (Å²) in [7, 11) is 4.43. The van der Waals surface area contributed by atoms with Gasteiger partial charge in [-0.05, 0) is 127 Å². The van der Waals surface area contributed by atoms with Crippen molar-refractivity contribution in [3.8, 4) is 0 Å². The van der Waals surface area contributed by atoms with E-state index in [0.717, 1.165) is 23.3 Å². The molecule has 2 saturated heterocycles. The Balaban J connectivity index is 1.66. The lowest BCUT2D eigenvalue weighted by Gasteiger charge is -2.42. The summed E-state index contributed by atoms with van der Waals surface area (Å²) in [5.41, 5.74) is -0.319. The molecule has 19 heteroatoms. The standard InChI is InChI=1S/C66H103NO18/c1-14-16-26-56(69)81-39-65(10,40-82-57(70)27-17-15-2)64(76)84-52-31-29-48(36-55(52)79-12)35-44(6)54-38-51(68)43(5)34-46(8)59(72)60(80-13)58(71)45(7)33-41(3)23-19-18-20-24-42(4)53(78-11)37-49-30-28-47(9)66(77,85-49)61(73)62(74)67-32-22-21-25-50(67)63(75)83-54/h18-20,23-24,34,41,43-45,47-50,52-55,59-60,72,77H,14-17,21-22,25-33,35-40H2,1-13H3/b20-18+,23-19+,42-24+,46-34+/t41-,43-,44+,45-,47-,48+,49+,50+,52-,53+,54+,55-,59-,60+,66-/m1/s1. The van der Waals surface area contributed by atoms with E-state index in [4.69, 9.17) is 37.9 Å². The van der Waals surface area contributed by atoms with E-state index in [0.29, 0.717) is 76.2 Å². The smallest absolute Gasteiger partial charge is 0.329 e. The van der Waals surface area contributed by atoms with E-state index in [9.17, 15) is 48.6 Å². The van der Waals surface area contributed by atoms with Crippen LogP contribution in [-0.2, 0) is 76.3 Å². The summed E-state index contributed by atoms with van der Waals surface area (Å²) < 4.78 is 47.2. The number of esters is 4. The summed E-state index contributed by atoms with van der Waals surface area (Å²) in [5.74, 6) is -10.5. The van der Waals surface area contributed by atoms with Crippen molar-refractivity contribution in [1.29, 1.82) is 0 Å². The van der Waals surface area contributed by atoms with E-state index in [-0.39, 0.29) is 75.3 Å². The van der Waals surface area contributed by atoms with Gasteiger partial charge in [0.2, 0.25) is 5.79 Å². The average molecular weight is 1200 g/mol. The summed E-state index contributed by atoms with van der Waals surface area (Å²) in [6.07, 6.45) is 12.3. The Labute approximate surface area is 505 Å². The van der Waals surface area contributed by atoms with E-state index in [1.165, 1.54) is 21.1 Å². The van der Waals surface area contributed by atoms with Gasteiger partial charge in [-0.15, -0.1) is 0 Å². The molecule has 0 aromatic rings. The number of allylic oxidation sites excluding steroid dienone is 6. The first-order valence-electron chi connectivity index (χ1n) is 31.3. The number of Topliss-reactive ketones (excluding diaryl/α,β-unsaturated/α-hetero) is 3. The number of aliphatic hydroxyl groups excluding tert-OH is 1. The maximum Gasteiger partial charge on any atom is 0.329 e. The van der Waals surface area contributed by atoms with Gasteiger partial charge in [0.05, 0.1) is 18.3 Å². The Hall–Kier alpha value is -4.92. The fourth-order valence-electron chi connectivity index (χ4n) is 11.9. The third-order valence-electron chi connectivity index (χ3n) is 17.8. The highest BCUT2D eigenvalue weighted by molar-refractivity contribution is 6.39. The summed E-state index contributed by atoms with van der Waals surface area (Å²) in [6.45, 7) is 17.2. The second-order valence-electron chi connectivity index (χ2n) is 25.1. The number of piperidine rings is 1. The molecule has 4 rings (SSSR count). The largest absolute Gasteiger partial charge is 0.464 e. The molecule has 480 valence electrons. The molecule has 85 heavy (non-hydrogen) atoms. The van der Waals surface area contributed by atoms with Crippen LogP contribution in [-0.4, -0.2) is 158 Å². The Morgan fingerprint density at radius 2 is 1.46 bits per heavy atom. The van der Waals surface area contributed by atoms with Crippen molar-refractivity contribution in [2.75, 3.05) is 41.1 Å². The van der Waals surface area contributed by atoms with Crippen molar-refractivity contribution in [1.82, 2.24) is 4.90 Å². The molecule has 4 aliphatic rings. The van der Waals surface area contributed by atoms with Crippen LogP contribution in [0.2, 0.25) is 0 Å². The third-order valence-corrected chi connectivity index (χ3v) is 17.8. The maximum atomic E-state index is 14.7. The summed E-state index contributed by atoms with van der Waals surface area (Å²) in [5, 5.41) is 23.7. The molecule has 3 fully saturated rings. The number of fused-ring (bicyclic) bond motifs is 3. The molecule has 0 spiro atoms. The van der Waals surface area contributed by atoms with E-state index in [1.54, 1.807) is 40.9 Å². The first-order chi connectivity index (χ1) is 40.3. The van der Waals surface area contributed by atoms with Crippen LogP contribution in [0.1, 0.15) is 185 Å². The molecular weight excluding hydrogens is 1090 g/mol. The van der Waals surface area contributed by atoms with Gasteiger partial charge in [0.15, 0.2) is 5.78 Å². The summed E-state index contributed by atoms with van der Waals surface area (Å²) >= 11 is 0. The van der Waals surface area contributed by atoms with Gasteiger partial charge in [0, 0.05) is 71.3 Å². The molecule has 0 aromatic carbocycles. The van der Waals surface area contributed by atoms with Gasteiger partial charge in [-0.1, -0.05) is 97.8 Å². The van der Waals surface area contributed by atoms with Crippen molar-refractivity contribution < 1.29 is 86.5 Å². The lowest BCUT2D eigenvalue weighted by molar-refractivity contribution is -0.265. The van der Waals surface area contributed by atoms with Crippen LogP contribution < -0.4 is 0 Å². The highest BCUT2D eigenvalue weighted by Crippen LogP contribution is 2.39. The minimum Gasteiger partial charge on any atom is -0.464 e. The number of aliphatic hydroxyl groups is 2. The molecule has 0 aromatic heterocycles. The highest BCUT2D eigenvalue weighted by atomic mass is 16.6. The molecule has 2 bridgehead atoms. The van der Waals surface area contributed by atoms with E-state index < -0.39 is 119 Å². The second-order valence-corrected chi connectivity index (χ2v) is 25.1. The molecule has 1 amide bonds. The predicted octanol–water partition coefficient (Wildman–Crippen LogP) is 9.20. The number of unbranched alkanes of at least 4 members (excludes halogenated alkanes) is 2. The molecule has 1 saturated carbocycles. The number of ether oxygens (including phenoxy) is 8. The van der Waals surface area contributed by atoms with Crippen LogP contribution in [0, 0.1) is 40.9 Å². The summed E-state index contributed by atoms with van der Waals surface area (Å²) in [4.78, 5) is 112. The number of nitrogens with zero attached hydrogens (tertiary/aromatic N) is 1. The number of methoxy groups -OCH3 is 3. The van der Waals surface area contributed by atoms with Crippen molar-refractivity contribution in [3.63, 3.8) is 0 Å². The van der Waals surface area contributed by atoms with Crippen LogP contribution in [0.4, 0.5) is 0 Å². The number of carbonyl (C=O) groups excluding carboxylic acids is 8. The zero-order chi connectivity index (χ0) is 63.2. The number of carbonyl (C=O) groups is 8. The predicted molar refractivity (Wildman–Crippen MR) is 318 cm³/mol. The zero-order valence-corrected chi connectivity index (χ0v) is 53.3. The summed E-state index contributed by atoms with van der Waals surface area (Å²) in [6, 6.07) is -1.23. The Morgan fingerprint density at radius 1 is 0.800 bits per heavy atom. The Bertz CT molecular complexity index is 2340. The van der Waals surface area contributed by atoms with Gasteiger partial charge in [0.1, 0.15) is 54.9 Å². The Kier molecular flexibility index (Phi) is 30.0. The average Bonchev–Trinajstić information content (AvgIpc) is 2.70. The number of cyclic esters (lactones) is 1. The monoisotopic (exact) mass is 1200 g/mol. The molecule has 0 radical (unpaired) electrons. The lowest BCUT2D eigenvalue weighted by Crippen LogP contribution is -2.61. The van der Waals surface area contributed by atoms with Crippen molar-refractivity contribution >= 4 is 47.1 Å². The van der Waals surface area contributed by atoms with Gasteiger partial charge >= 0.3 is 23.9 Å². The van der Waals surface area contributed by atoms with E-state index in [2.05, 4.69) is 0 Å². The maximum absolute atomic E-state index is 14.7. The fourth-order valence-corrected chi connectivity index (χ4v) is 11.9. The second kappa shape index (κ2) is 35.2. The van der Waals surface area contributed by atoms with Crippen LogP contribution in [0.3, 0.4) is 0 Å². The molecule has 3 aliphatic heterocycles. The topological polar surface area (TPSA) is 254 Å². The highest BCUT2D eigenvalue weighted by Gasteiger charge is 2.53. The van der Waals surface area contributed by atoms with Gasteiger partial charge < -0.3 is 53.0 Å². The fraction of sp³-hybridized carbons (Fsp3) is 0.758. The lowest BCUT2D eigenvalue weighted by atomic mass is 9.78. The SMILES string of the molecule is CCCCC(=O)OCC(C)(COC(=O)CCCC)C(=O)O[C@@H]1CC[C@@H](C[C@H](C)[C@@H]2CC(=O)[C@H](C)/C=C(\C)[C@@H](O)[C@@H](OC)C(=O)[C@H](C)C[C@H](C)/C=C/C=C/C=C(\C)[C@@H](OC)C[C@@H]3CC[C@@H](C)[C@@](O)(O3)C(=O)C(=O)N3CCCC[C@H]3C(=O)O2)C[C@H]1OC. The van der Waals surface area contributed by atoms with Crippen molar-refractivity contribution in [2.45, 2.75) is 239 Å². The minimum atomic E-state index is -2.49. The number of hydrogen-bond acceptors (Lipinski definition) is 18. The first kappa shape index (κ1) is 72.6. The van der Waals surface area contributed by atoms with Gasteiger partial charge in [0.25, 0.3) is 11.7 Å². The van der Waals surface area contributed by atoms with E-state index >= 15 is 0 Å². The zero-order valence-electron chi connectivity index (χ0n) is 53.3. The number of amides is 1. The van der Waals surface area contributed by atoms with Gasteiger partial charge in [-0.25, -0.2) is 4.79 Å². The first-order valence-corrected chi connectivity index (χ1v) is 31.3. The molecule has 1 aliphatic carbocycles. The molecule has 15 atom stereocenters. The number of ketones is 3. The molecular formula is C66H103NO18. The third kappa shape index (κ3) is 21.1. The molecule has 3 heterocycles. The van der Waals surface area contributed by atoms with Gasteiger partial charge in [-0.3, -0.25) is 33.6 Å². The normalized spacial score (nSPS) is 33.7. The van der Waals surface area contributed by atoms with E-state index in [1.807, 2.05) is 65.0 Å². The van der Waals surface area contributed by atoms with Crippen LogP contribution >= 0.6 is 0 Å². The number of rotatable bonds is 18. The quantitative estimate of drug-likeness (QED) is 0.0561. The van der Waals surface area contributed by atoms with Crippen LogP contribution in [0.25, 0.3) is 0 Å². The van der Waals surface area contributed by atoms with Crippen molar-refractivity contribution in [3.05, 3.63) is 47.6 Å². The van der Waals surface area contributed by atoms with Crippen molar-refractivity contribution in [2.24, 2.45) is 40.9 Å². The van der Waals surface area contributed by atoms with Crippen LogP contribution in [0.5, 0.6) is 0 Å². The molecule has 0 unspecified atom stereocenters. The Morgan fingerprint density at radius 3 is 2.07 bits per heavy atom. The van der Waals surface area contributed by atoms with Crippen LogP contribution in [0.15, 0.2) is 47.6 Å². The molecule has 19 nitrogen and oxygen atoms in total. The minimum absolute atomic E-state index is 0.0200.